The molecule has 4 heavy (non-hydrogen) atoms. The van der Waals surface area contributed by atoms with Crippen LogP contribution in [-0.2, 0) is 3.08 Å². The van der Waals surface area contributed by atoms with Crippen LogP contribution in [0.15, 0.2) is 0 Å². The molecule has 0 aromatic carbocycles. The molecule has 0 aliphatic heterocycles. The van der Waals surface area contributed by atoms with E-state index in [0.717, 1.165) is 0 Å². The van der Waals surface area contributed by atoms with Crippen LogP contribution in [0.3, 0.4) is 0 Å². The summed E-state index contributed by atoms with van der Waals surface area (Å²) in [6, 6.07) is 0. The average Bonchev–Trinajstić information content (AvgIpc) is 1.00. The van der Waals surface area contributed by atoms with Gasteiger partial charge in [0.15, 0.2) is 0 Å². The Morgan fingerprint density at radius 2 is 1.25 bits per heavy atom. The van der Waals surface area contributed by atoms with Gasteiger partial charge < -0.3 is 0 Å². The Labute approximate surface area is 94.2 Å². The predicted octanol–water partition coefficient (Wildman–Crippen LogP) is -1.26. The van der Waals surface area contributed by atoms with Gasteiger partial charge in [-0.2, -0.15) is 0 Å². The van der Waals surface area contributed by atoms with Crippen molar-refractivity contribution in [2.24, 2.45) is 0 Å². The van der Waals surface area contributed by atoms with Crippen LogP contribution in [0.5, 0.6) is 0 Å². The second-order valence-electron chi connectivity index (χ2n) is 0. The molecule has 0 saturated heterocycles. The van der Waals surface area contributed by atoms with Crippen LogP contribution in [-0.4, -0.2) is 93.7 Å². The Bertz CT molecular complexity index is 8.00. The van der Waals surface area contributed by atoms with Crippen LogP contribution in [0.1, 0.15) is 0 Å². The van der Waals surface area contributed by atoms with Gasteiger partial charge in [-0.05, 0) is 0 Å². The summed E-state index contributed by atoms with van der Waals surface area (Å²) in [5, 5.41) is 0. The summed E-state index contributed by atoms with van der Waals surface area (Å²) in [5.41, 5.74) is 0. The molecule has 1 nitrogen and oxygen atoms in total. The quantitative estimate of drug-likeness (QED) is 0.486. The van der Waals surface area contributed by atoms with Crippen molar-refractivity contribution in [3.63, 3.8) is 0 Å². The zero-order valence-corrected chi connectivity index (χ0v) is 10.9. The standard InChI is InChI=1S/Ga.K.O.Sn. The van der Waals surface area contributed by atoms with E-state index in [1.165, 1.54) is 0 Å². The summed E-state index contributed by atoms with van der Waals surface area (Å²) in [6.07, 6.45) is 0. The molecule has 14 valence electrons. The van der Waals surface area contributed by atoms with Gasteiger partial charge in [0, 0.05) is 71.2 Å². The fraction of sp³-hybridized carbons (Fsp3) is 0. The molecule has 0 saturated carbocycles. The summed E-state index contributed by atoms with van der Waals surface area (Å²) in [6.45, 7) is 0. The maximum absolute atomic E-state index is 8.34. The minimum atomic E-state index is 0. The minimum absolute atomic E-state index is 0. The van der Waals surface area contributed by atoms with Gasteiger partial charge in [0.25, 0.3) is 0 Å². The first-order chi connectivity index (χ1) is 1.00. The Balaban J connectivity index is -0.00000000500. The molecule has 0 amide bonds. The third-order valence-corrected chi connectivity index (χ3v) is 0. The predicted molar refractivity (Wildman–Crippen MR) is 17.9 cm³/mol. The zero-order chi connectivity index (χ0) is 2.00. The first-order valence-corrected chi connectivity index (χ1v) is 1.37. The van der Waals surface area contributed by atoms with Gasteiger partial charge in [-0.3, -0.25) is 0 Å². The van der Waals surface area contributed by atoms with E-state index in [4.69, 9.17) is 3.08 Å². The first-order valence-electron chi connectivity index (χ1n) is 0.204. The van der Waals surface area contributed by atoms with Gasteiger partial charge in [0.1, 0.15) is 0 Å². The Kier molecular flexibility index (Phi) is 66.8. The van der Waals surface area contributed by atoms with E-state index in [1.54, 1.807) is 0 Å². The molecule has 0 aromatic heterocycles. The number of hydrogen-bond acceptors (Lipinski definition) is 1. The molecular formula is GaKOSn. The van der Waals surface area contributed by atoms with Crippen molar-refractivity contribution in [3.8, 4) is 0 Å². The van der Waals surface area contributed by atoms with Crippen molar-refractivity contribution in [3.05, 3.63) is 0 Å². The zero-order valence-electron chi connectivity index (χ0n) is 2.49. The van der Waals surface area contributed by atoms with E-state index in [9.17, 15) is 0 Å². The molecule has 0 unspecified atom stereocenters. The monoisotopic (exact) mass is 244 g/mol. The van der Waals surface area contributed by atoms with Gasteiger partial charge >= 0.3 is 25.6 Å². The van der Waals surface area contributed by atoms with Crippen molar-refractivity contribution in [1.82, 2.24) is 0 Å². The van der Waals surface area contributed by atoms with Gasteiger partial charge in [0.05, 0.1) is 0 Å². The van der Waals surface area contributed by atoms with Crippen LogP contribution in [0, 0.1) is 0 Å². The van der Waals surface area contributed by atoms with E-state index < -0.39 is 0 Å². The van der Waals surface area contributed by atoms with Gasteiger partial charge in [-0.1, -0.05) is 0 Å². The Hall–Kier alpha value is 2.87. The Morgan fingerprint density at radius 3 is 1.25 bits per heavy atom. The SMILES string of the molecule is [Ga].[K].[O]=[Sn]. The maximum atomic E-state index is 8.34. The molecule has 0 atom stereocenters. The molecule has 0 rings (SSSR count). The summed E-state index contributed by atoms with van der Waals surface area (Å²) in [5.74, 6) is 0. The first kappa shape index (κ1) is 15.8. The summed E-state index contributed by atoms with van der Waals surface area (Å²) in [7, 11) is 0. The second-order valence-corrected chi connectivity index (χ2v) is 0. The van der Waals surface area contributed by atoms with Gasteiger partial charge in [0.2, 0.25) is 0 Å². The van der Waals surface area contributed by atoms with E-state index in [-0.39, 0.29) is 71.2 Å². The van der Waals surface area contributed by atoms with Crippen LogP contribution in [0.4, 0.5) is 0 Å². The Morgan fingerprint density at radius 1 is 1.25 bits per heavy atom. The van der Waals surface area contributed by atoms with Gasteiger partial charge in [-0.25, -0.2) is 0 Å². The topological polar surface area (TPSA) is 17.1 Å². The molecule has 0 spiro atoms. The molecule has 0 aliphatic carbocycles. The molecule has 4 heteroatoms. The second kappa shape index (κ2) is 16.9. The normalized spacial score (nSPS) is 1.00. The molecule has 0 aliphatic rings. The van der Waals surface area contributed by atoms with Crippen molar-refractivity contribution in [2.45, 2.75) is 0 Å². The van der Waals surface area contributed by atoms with Crippen molar-refractivity contribution in [2.75, 3.05) is 0 Å². The van der Waals surface area contributed by atoms with Crippen molar-refractivity contribution >= 4 is 93.7 Å². The van der Waals surface area contributed by atoms with E-state index >= 15 is 0 Å². The molecule has 0 fully saturated rings. The van der Waals surface area contributed by atoms with E-state index in [2.05, 4.69) is 0 Å². The molecule has 0 heterocycles. The summed E-state index contributed by atoms with van der Waals surface area (Å²) < 4.78 is 8.34. The third-order valence-electron chi connectivity index (χ3n) is 0. The van der Waals surface area contributed by atoms with E-state index in [1.807, 2.05) is 0 Å². The molecule has 0 N–H and O–H groups in total. The molecule has 0 bridgehead atoms. The van der Waals surface area contributed by atoms with Crippen molar-refractivity contribution < 1.29 is 3.08 Å². The molecular weight excluding hydrogens is 244 g/mol. The molecule has 0 aromatic rings. The number of rotatable bonds is 0. The average molecular weight is 244 g/mol. The fourth-order valence-corrected chi connectivity index (χ4v) is 0. The van der Waals surface area contributed by atoms with Crippen molar-refractivity contribution in [1.29, 1.82) is 0 Å². The van der Waals surface area contributed by atoms with Gasteiger partial charge in [-0.15, -0.1) is 0 Å². The fourth-order valence-electron chi connectivity index (χ4n) is 0. The van der Waals surface area contributed by atoms with Crippen LogP contribution < -0.4 is 0 Å². The third kappa shape index (κ3) is 8.86. The number of hydrogen-bond donors (Lipinski definition) is 0. The van der Waals surface area contributed by atoms with Crippen LogP contribution in [0.25, 0.3) is 0 Å². The van der Waals surface area contributed by atoms with Crippen LogP contribution >= 0.6 is 0 Å². The summed E-state index contributed by atoms with van der Waals surface area (Å²) >= 11 is 0.300. The van der Waals surface area contributed by atoms with E-state index in [0.29, 0.717) is 22.5 Å². The van der Waals surface area contributed by atoms with Crippen LogP contribution in [0.2, 0.25) is 0 Å². The molecule has 6 radical (unpaired) electrons. The summed E-state index contributed by atoms with van der Waals surface area (Å²) in [4.78, 5) is 0.